The molecule has 1 aliphatic rings. The SMILES string of the molecule is CNC(=O)NC(=O)CSc1nnc(-c2cc3c(s2)CCC(C)C3)o1. The number of urea groups is 1. The molecule has 0 bridgehead atoms. The normalized spacial score (nSPS) is 16.5. The molecule has 1 unspecified atom stereocenters. The molecule has 2 aromatic heterocycles. The van der Waals surface area contributed by atoms with Gasteiger partial charge in [-0.3, -0.25) is 10.1 Å². The van der Waals surface area contributed by atoms with Gasteiger partial charge in [-0.2, -0.15) is 0 Å². The van der Waals surface area contributed by atoms with E-state index in [1.807, 2.05) is 0 Å². The topological polar surface area (TPSA) is 97.1 Å². The molecule has 0 saturated heterocycles. The standard InChI is InChI=1S/C15H18N4O3S2/c1-8-3-4-10-9(5-8)6-11(24-10)13-18-19-15(22-13)23-7-12(20)17-14(21)16-2/h6,8H,3-5,7H2,1-2H3,(H2,16,17,20,21). The Morgan fingerprint density at radius 2 is 2.29 bits per heavy atom. The fraction of sp³-hybridized carbons (Fsp3) is 0.467. The van der Waals surface area contributed by atoms with E-state index in [1.165, 1.54) is 23.9 Å². The van der Waals surface area contributed by atoms with Gasteiger partial charge in [-0.25, -0.2) is 4.79 Å². The molecule has 0 spiro atoms. The van der Waals surface area contributed by atoms with Crippen molar-refractivity contribution in [2.24, 2.45) is 5.92 Å². The first-order valence-corrected chi connectivity index (χ1v) is 9.45. The highest BCUT2D eigenvalue weighted by Crippen LogP contribution is 2.37. The summed E-state index contributed by atoms with van der Waals surface area (Å²) >= 11 is 2.81. The fourth-order valence-corrected chi connectivity index (χ4v) is 4.22. The maximum Gasteiger partial charge on any atom is 0.321 e. The summed E-state index contributed by atoms with van der Waals surface area (Å²) in [6.45, 7) is 2.27. The molecule has 2 N–H and O–H groups in total. The van der Waals surface area contributed by atoms with E-state index in [1.54, 1.807) is 11.3 Å². The minimum Gasteiger partial charge on any atom is -0.410 e. The van der Waals surface area contributed by atoms with Gasteiger partial charge >= 0.3 is 6.03 Å². The van der Waals surface area contributed by atoms with Gasteiger partial charge < -0.3 is 9.73 Å². The Balaban J connectivity index is 1.62. The Hall–Kier alpha value is -1.87. The van der Waals surface area contributed by atoms with E-state index in [0.717, 1.165) is 29.5 Å². The van der Waals surface area contributed by atoms with Gasteiger partial charge in [0.15, 0.2) is 0 Å². The maximum atomic E-state index is 11.5. The van der Waals surface area contributed by atoms with Crippen LogP contribution in [0.2, 0.25) is 0 Å². The molecule has 0 aromatic carbocycles. The van der Waals surface area contributed by atoms with E-state index in [9.17, 15) is 9.59 Å². The zero-order chi connectivity index (χ0) is 17.1. The highest BCUT2D eigenvalue weighted by Gasteiger charge is 2.21. The largest absolute Gasteiger partial charge is 0.410 e. The maximum absolute atomic E-state index is 11.5. The third-order valence-electron chi connectivity index (χ3n) is 3.75. The summed E-state index contributed by atoms with van der Waals surface area (Å²) in [5.41, 5.74) is 1.38. The highest BCUT2D eigenvalue weighted by molar-refractivity contribution is 7.99. The quantitative estimate of drug-likeness (QED) is 0.807. The molecule has 128 valence electrons. The van der Waals surface area contributed by atoms with Gasteiger partial charge in [-0.15, -0.1) is 21.5 Å². The molecule has 24 heavy (non-hydrogen) atoms. The van der Waals surface area contributed by atoms with Crippen LogP contribution in [-0.2, 0) is 17.6 Å². The molecule has 1 atom stereocenters. The number of hydrogen-bond acceptors (Lipinski definition) is 7. The minimum atomic E-state index is -0.537. The van der Waals surface area contributed by atoms with Crippen LogP contribution in [0.25, 0.3) is 10.8 Å². The number of aryl methyl sites for hydroxylation is 1. The minimum absolute atomic E-state index is 0.0352. The number of rotatable bonds is 4. The first kappa shape index (κ1) is 17.0. The lowest BCUT2D eigenvalue weighted by Gasteiger charge is -2.16. The van der Waals surface area contributed by atoms with Crippen LogP contribution in [0.4, 0.5) is 4.79 Å². The van der Waals surface area contributed by atoms with Gasteiger partial charge in [0.25, 0.3) is 11.1 Å². The fourth-order valence-electron chi connectivity index (χ4n) is 2.53. The van der Waals surface area contributed by atoms with Gasteiger partial charge in [0.1, 0.15) is 0 Å². The van der Waals surface area contributed by atoms with Crippen molar-refractivity contribution in [1.82, 2.24) is 20.8 Å². The number of hydrogen-bond donors (Lipinski definition) is 2. The Morgan fingerprint density at radius 3 is 3.08 bits per heavy atom. The van der Waals surface area contributed by atoms with Gasteiger partial charge in [0.2, 0.25) is 5.91 Å². The Kier molecular flexibility index (Phi) is 5.20. The van der Waals surface area contributed by atoms with Crippen molar-refractivity contribution in [2.45, 2.75) is 31.4 Å². The van der Waals surface area contributed by atoms with Gasteiger partial charge in [0, 0.05) is 11.9 Å². The lowest BCUT2D eigenvalue weighted by Crippen LogP contribution is -2.38. The van der Waals surface area contributed by atoms with Crippen LogP contribution in [0.5, 0.6) is 0 Å². The van der Waals surface area contributed by atoms with Crippen molar-refractivity contribution in [3.63, 3.8) is 0 Å². The first-order valence-electron chi connectivity index (χ1n) is 7.65. The summed E-state index contributed by atoms with van der Waals surface area (Å²) in [6.07, 6.45) is 3.43. The van der Waals surface area contributed by atoms with Crippen LogP contribution in [-0.4, -0.2) is 34.9 Å². The molecule has 2 heterocycles. The second-order valence-corrected chi connectivity index (χ2v) is 7.76. The zero-order valence-electron chi connectivity index (χ0n) is 13.4. The number of amides is 3. The monoisotopic (exact) mass is 366 g/mol. The molecule has 0 saturated carbocycles. The number of thioether (sulfide) groups is 1. The molecular formula is C15H18N4O3S2. The second kappa shape index (κ2) is 7.35. The number of imide groups is 1. The van der Waals surface area contributed by atoms with Crippen molar-refractivity contribution < 1.29 is 14.0 Å². The summed E-state index contributed by atoms with van der Waals surface area (Å²) < 4.78 is 5.63. The predicted molar refractivity (Wildman–Crippen MR) is 92.1 cm³/mol. The van der Waals surface area contributed by atoms with Gasteiger partial charge in [-0.05, 0) is 36.8 Å². The van der Waals surface area contributed by atoms with E-state index in [4.69, 9.17) is 4.42 Å². The number of nitrogens with one attached hydrogen (secondary N) is 2. The molecule has 0 radical (unpaired) electrons. The molecular weight excluding hydrogens is 348 g/mol. The van der Waals surface area contributed by atoms with Crippen molar-refractivity contribution in [2.75, 3.05) is 12.8 Å². The van der Waals surface area contributed by atoms with Crippen LogP contribution in [0.15, 0.2) is 15.7 Å². The third kappa shape index (κ3) is 3.96. The van der Waals surface area contributed by atoms with Crippen molar-refractivity contribution in [3.05, 3.63) is 16.5 Å². The van der Waals surface area contributed by atoms with E-state index in [0.29, 0.717) is 17.0 Å². The number of carbonyl (C=O) groups excluding carboxylic acids is 2. The predicted octanol–water partition coefficient (Wildman–Crippen LogP) is 2.47. The lowest BCUT2D eigenvalue weighted by atomic mass is 9.90. The smallest absolute Gasteiger partial charge is 0.321 e. The number of nitrogens with zero attached hydrogens (tertiary/aromatic N) is 2. The number of thiophene rings is 1. The molecule has 0 fully saturated rings. The summed E-state index contributed by atoms with van der Waals surface area (Å²) in [4.78, 5) is 25.0. The molecule has 3 amide bonds. The molecule has 7 nitrogen and oxygen atoms in total. The molecule has 3 rings (SSSR count). The lowest BCUT2D eigenvalue weighted by molar-refractivity contribution is -0.117. The third-order valence-corrected chi connectivity index (χ3v) is 5.80. The highest BCUT2D eigenvalue weighted by atomic mass is 32.2. The van der Waals surface area contributed by atoms with Crippen molar-refractivity contribution in [1.29, 1.82) is 0 Å². The van der Waals surface area contributed by atoms with Crippen LogP contribution >= 0.6 is 23.1 Å². The van der Waals surface area contributed by atoms with Crippen LogP contribution in [0.3, 0.4) is 0 Å². The van der Waals surface area contributed by atoms with Gasteiger partial charge in [-0.1, -0.05) is 18.7 Å². The summed E-state index contributed by atoms with van der Waals surface area (Å²) in [7, 11) is 1.45. The van der Waals surface area contributed by atoms with Crippen LogP contribution < -0.4 is 10.6 Å². The van der Waals surface area contributed by atoms with Gasteiger partial charge in [0.05, 0.1) is 10.6 Å². The Bertz CT molecular complexity index is 756. The van der Waals surface area contributed by atoms with Crippen molar-refractivity contribution >= 4 is 35.0 Å². The van der Waals surface area contributed by atoms with E-state index in [2.05, 4.69) is 33.8 Å². The van der Waals surface area contributed by atoms with Crippen molar-refractivity contribution in [3.8, 4) is 10.8 Å². The average molecular weight is 366 g/mol. The summed E-state index contributed by atoms with van der Waals surface area (Å²) in [5, 5.41) is 12.8. The summed E-state index contributed by atoms with van der Waals surface area (Å²) in [5.74, 6) is 0.816. The first-order chi connectivity index (χ1) is 11.5. The van der Waals surface area contributed by atoms with E-state index in [-0.39, 0.29) is 5.75 Å². The molecule has 2 aromatic rings. The summed E-state index contributed by atoms with van der Waals surface area (Å²) in [6, 6.07) is 1.60. The van der Waals surface area contributed by atoms with Crippen LogP contribution in [0, 0.1) is 5.92 Å². The van der Waals surface area contributed by atoms with E-state index >= 15 is 0 Å². The average Bonchev–Trinajstić information content (AvgIpc) is 3.18. The second-order valence-electron chi connectivity index (χ2n) is 5.70. The number of carbonyl (C=O) groups is 2. The molecule has 1 aliphatic carbocycles. The zero-order valence-corrected chi connectivity index (χ0v) is 15.1. The Labute approximate surface area is 147 Å². The van der Waals surface area contributed by atoms with E-state index < -0.39 is 11.9 Å². The molecule has 0 aliphatic heterocycles. The van der Waals surface area contributed by atoms with Crippen LogP contribution in [0.1, 0.15) is 23.8 Å². The Morgan fingerprint density at radius 1 is 1.46 bits per heavy atom. The number of aromatic nitrogens is 2. The number of fused-ring (bicyclic) bond motifs is 1. The molecule has 9 heteroatoms.